The molecule has 1 aromatic carbocycles. The Labute approximate surface area is 129 Å². The van der Waals surface area contributed by atoms with E-state index in [2.05, 4.69) is 15.6 Å². The zero-order valence-electron chi connectivity index (χ0n) is 12.8. The van der Waals surface area contributed by atoms with Crippen LogP contribution in [0.2, 0.25) is 0 Å². The number of benzene rings is 1. The van der Waals surface area contributed by atoms with Crippen molar-refractivity contribution in [3.05, 3.63) is 47.7 Å². The number of nitrogens with one attached hydrogen (secondary N) is 2. The van der Waals surface area contributed by atoms with E-state index in [0.29, 0.717) is 23.7 Å². The summed E-state index contributed by atoms with van der Waals surface area (Å²) in [6.45, 7) is 0.480. The fraction of sp³-hybridized carbons (Fsp3) is 0.250. The van der Waals surface area contributed by atoms with E-state index in [1.165, 1.54) is 0 Å². The Morgan fingerprint density at radius 1 is 1.23 bits per heavy atom. The second-order valence-corrected chi connectivity index (χ2v) is 4.51. The van der Waals surface area contributed by atoms with Gasteiger partial charge in [-0.05, 0) is 24.3 Å². The van der Waals surface area contributed by atoms with E-state index in [1.54, 1.807) is 39.6 Å². The van der Waals surface area contributed by atoms with Crippen LogP contribution < -0.4 is 20.1 Å². The molecule has 0 fully saturated rings. The molecule has 1 heterocycles. The molecule has 0 saturated carbocycles. The van der Waals surface area contributed by atoms with E-state index in [4.69, 9.17) is 9.47 Å². The maximum absolute atomic E-state index is 11.8. The zero-order chi connectivity index (χ0) is 15.9. The van der Waals surface area contributed by atoms with Gasteiger partial charge in [-0.1, -0.05) is 0 Å². The summed E-state index contributed by atoms with van der Waals surface area (Å²) in [5, 5.41) is 5.76. The molecule has 2 N–H and O–H groups in total. The van der Waals surface area contributed by atoms with Crippen LogP contribution in [0.25, 0.3) is 0 Å². The molecule has 1 aromatic heterocycles. The normalized spacial score (nSPS) is 9.95. The average Bonchev–Trinajstić information content (AvgIpc) is 2.59. The van der Waals surface area contributed by atoms with Gasteiger partial charge in [-0.15, -0.1) is 0 Å². The number of rotatable bonds is 6. The van der Waals surface area contributed by atoms with Crippen molar-refractivity contribution in [1.82, 2.24) is 10.3 Å². The molecular formula is C16H19N3O3. The van der Waals surface area contributed by atoms with Crippen LogP contribution in [0.5, 0.6) is 11.5 Å². The van der Waals surface area contributed by atoms with Crippen LogP contribution in [0.15, 0.2) is 36.5 Å². The van der Waals surface area contributed by atoms with E-state index >= 15 is 0 Å². The molecule has 6 heteroatoms. The minimum absolute atomic E-state index is 0.183. The quantitative estimate of drug-likeness (QED) is 0.854. The standard InChI is InChI=1S/C16H19N3O3/c1-17-16(20)13-5-4-8-18-15(13)19-10-11-6-7-12(21-2)9-14(11)22-3/h4-9H,10H2,1-3H3,(H,17,20)(H,18,19). The lowest BCUT2D eigenvalue weighted by Crippen LogP contribution is -2.20. The topological polar surface area (TPSA) is 72.5 Å². The van der Waals surface area contributed by atoms with Crippen LogP contribution in [0.4, 0.5) is 5.82 Å². The van der Waals surface area contributed by atoms with Crippen molar-refractivity contribution in [2.75, 3.05) is 26.6 Å². The second-order valence-electron chi connectivity index (χ2n) is 4.51. The lowest BCUT2D eigenvalue weighted by molar-refractivity contribution is 0.0963. The minimum atomic E-state index is -0.183. The third-order valence-electron chi connectivity index (χ3n) is 3.22. The Morgan fingerprint density at radius 3 is 2.73 bits per heavy atom. The van der Waals surface area contributed by atoms with Gasteiger partial charge in [0.25, 0.3) is 5.91 Å². The van der Waals surface area contributed by atoms with Crippen LogP contribution >= 0.6 is 0 Å². The van der Waals surface area contributed by atoms with E-state index in [1.807, 2.05) is 18.2 Å². The van der Waals surface area contributed by atoms with Crippen molar-refractivity contribution in [2.24, 2.45) is 0 Å². The average molecular weight is 301 g/mol. The number of carbonyl (C=O) groups excluding carboxylic acids is 1. The summed E-state index contributed by atoms with van der Waals surface area (Å²) in [6, 6.07) is 9.03. The first-order chi connectivity index (χ1) is 10.7. The molecule has 0 unspecified atom stereocenters. The summed E-state index contributed by atoms with van der Waals surface area (Å²) in [4.78, 5) is 16.0. The van der Waals surface area contributed by atoms with Gasteiger partial charge >= 0.3 is 0 Å². The number of pyridine rings is 1. The lowest BCUT2D eigenvalue weighted by atomic mass is 10.1. The number of amides is 1. The summed E-state index contributed by atoms with van der Waals surface area (Å²) in [5.74, 6) is 1.78. The molecule has 0 spiro atoms. The van der Waals surface area contributed by atoms with Gasteiger partial charge < -0.3 is 20.1 Å². The number of hydrogen-bond acceptors (Lipinski definition) is 5. The first-order valence-corrected chi connectivity index (χ1v) is 6.81. The molecule has 0 aliphatic carbocycles. The summed E-state index contributed by atoms with van der Waals surface area (Å²) < 4.78 is 10.5. The van der Waals surface area contributed by atoms with Crippen molar-refractivity contribution in [2.45, 2.75) is 6.54 Å². The van der Waals surface area contributed by atoms with Crippen LogP contribution in [0, 0.1) is 0 Å². The third-order valence-corrected chi connectivity index (χ3v) is 3.22. The van der Waals surface area contributed by atoms with Gasteiger partial charge in [0, 0.05) is 31.4 Å². The molecule has 2 rings (SSSR count). The Morgan fingerprint density at radius 2 is 2.05 bits per heavy atom. The monoisotopic (exact) mass is 301 g/mol. The highest BCUT2D eigenvalue weighted by Gasteiger charge is 2.11. The number of aromatic nitrogens is 1. The number of anilines is 1. The largest absolute Gasteiger partial charge is 0.497 e. The van der Waals surface area contributed by atoms with Gasteiger partial charge in [0.15, 0.2) is 0 Å². The van der Waals surface area contributed by atoms with Gasteiger partial charge in [-0.25, -0.2) is 4.98 Å². The van der Waals surface area contributed by atoms with Gasteiger partial charge in [0.1, 0.15) is 17.3 Å². The van der Waals surface area contributed by atoms with Crippen molar-refractivity contribution >= 4 is 11.7 Å². The molecular weight excluding hydrogens is 282 g/mol. The van der Waals surface area contributed by atoms with E-state index < -0.39 is 0 Å². The predicted molar refractivity (Wildman–Crippen MR) is 84.5 cm³/mol. The highest BCUT2D eigenvalue weighted by atomic mass is 16.5. The van der Waals surface area contributed by atoms with Crippen LogP contribution in [-0.2, 0) is 6.54 Å². The fourth-order valence-corrected chi connectivity index (χ4v) is 2.04. The molecule has 22 heavy (non-hydrogen) atoms. The maximum atomic E-state index is 11.8. The van der Waals surface area contributed by atoms with Crippen LogP contribution in [-0.4, -0.2) is 32.2 Å². The number of nitrogens with zero attached hydrogens (tertiary/aromatic N) is 1. The summed E-state index contributed by atoms with van der Waals surface area (Å²) in [7, 11) is 4.80. The van der Waals surface area contributed by atoms with Crippen molar-refractivity contribution < 1.29 is 14.3 Å². The van der Waals surface area contributed by atoms with Crippen LogP contribution in [0.3, 0.4) is 0 Å². The van der Waals surface area contributed by atoms with Gasteiger partial charge in [0.05, 0.1) is 19.8 Å². The molecule has 0 bridgehead atoms. The van der Waals surface area contributed by atoms with E-state index in [-0.39, 0.29) is 5.91 Å². The third kappa shape index (κ3) is 3.46. The molecule has 116 valence electrons. The van der Waals surface area contributed by atoms with Gasteiger partial charge in [0.2, 0.25) is 0 Å². The first kappa shape index (κ1) is 15.6. The highest BCUT2D eigenvalue weighted by Crippen LogP contribution is 2.25. The van der Waals surface area contributed by atoms with E-state index in [9.17, 15) is 4.79 Å². The number of methoxy groups -OCH3 is 2. The molecule has 0 saturated heterocycles. The van der Waals surface area contributed by atoms with Gasteiger partial charge in [-0.2, -0.15) is 0 Å². The van der Waals surface area contributed by atoms with Crippen molar-refractivity contribution in [3.63, 3.8) is 0 Å². The van der Waals surface area contributed by atoms with Crippen molar-refractivity contribution in [1.29, 1.82) is 0 Å². The zero-order valence-corrected chi connectivity index (χ0v) is 12.8. The second kappa shape index (κ2) is 7.31. The number of hydrogen-bond donors (Lipinski definition) is 2. The van der Waals surface area contributed by atoms with E-state index in [0.717, 1.165) is 11.3 Å². The Balaban J connectivity index is 2.19. The SMILES string of the molecule is CNC(=O)c1cccnc1NCc1ccc(OC)cc1OC. The van der Waals surface area contributed by atoms with Crippen molar-refractivity contribution in [3.8, 4) is 11.5 Å². The molecule has 2 aromatic rings. The highest BCUT2D eigenvalue weighted by molar-refractivity contribution is 5.98. The summed E-state index contributed by atoms with van der Waals surface area (Å²) in [6.07, 6.45) is 1.64. The molecule has 6 nitrogen and oxygen atoms in total. The summed E-state index contributed by atoms with van der Waals surface area (Å²) >= 11 is 0. The lowest BCUT2D eigenvalue weighted by Gasteiger charge is -2.13. The molecule has 0 radical (unpaired) electrons. The maximum Gasteiger partial charge on any atom is 0.254 e. The smallest absolute Gasteiger partial charge is 0.254 e. The Hall–Kier alpha value is -2.76. The molecule has 0 aliphatic heterocycles. The Bertz CT molecular complexity index is 659. The molecule has 1 amide bonds. The fourth-order valence-electron chi connectivity index (χ4n) is 2.04. The predicted octanol–water partition coefficient (Wildman–Crippen LogP) is 2.07. The first-order valence-electron chi connectivity index (χ1n) is 6.81. The Kier molecular flexibility index (Phi) is 5.19. The minimum Gasteiger partial charge on any atom is -0.497 e. The number of ether oxygens (including phenoxy) is 2. The summed E-state index contributed by atoms with van der Waals surface area (Å²) in [5.41, 5.74) is 1.44. The molecule has 0 atom stereocenters. The van der Waals surface area contributed by atoms with Gasteiger partial charge in [-0.3, -0.25) is 4.79 Å². The number of carbonyl (C=O) groups is 1. The van der Waals surface area contributed by atoms with Crippen LogP contribution in [0.1, 0.15) is 15.9 Å². The molecule has 0 aliphatic rings.